The Labute approximate surface area is 202 Å². The number of hydrogen-bond donors (Lipinski definition) is 1. The number of aromatic nitrogens is 3. The Balaban J connectivity index is 1.20. The van der Waals surface area contributed by atoms with Crippen molar-refractivity contribution in [3.63, 3.8) is 0 Å². The van der Waals surface area contributed by atoms with Crippen molar-refractivity contribution < 1.29 is 14.6 Å². The van der Waals surface area contributed by atoms with Gasteiger partial charge in [0, 0.05) is 55.0 Å². The number of β-amino-alcohol motifs (C(OH)–C–C–N with tert-alkyl or cyclic N) is 1. The first kappa shape index (κ1) is 21.5. The average Bonchev–Trinajstić information content (AvgIpc) is 3.47. The molecule has 4 aromatic rings. The van der Waals surface area contributed by atoms with Crippen molar-refractivity contribution >= 4 is 16.9 Å². The van der Waals surface area contributed by atoms with E-state index in [-0.39, 0.29) is 12.6 Å². The molecule has 6 rings (SSSR count). The van der Waals surface area contributed by atoms with Gasteiger partial charge < -0.3 is 9.84 Å². The zero-order valence-corrected chi connectivity index (χ0v) is 19.2. The molecule has 1 N–H and O–H groups in total. The summed E-state index contributed by atoms with van der Waals surface area (Å²) in [6, 6.07) is 13.3. The smallest absolute Gasteiger partial charge is 0.338 e. The molecule has 0 spiro atoms. The molecule has 0 aliphatic carbocycles. The summed E-state index contributed by atoms with van der Waals surface area (Å²) in [5, 5.41) is 21.1. The van der Waals surface area contributed by atoms with Gasteiger partial charge in [0.05, 0.1) is 34.5 Å². The number of cyclic esters (lactones) is 1. The van der Waals surface area contributed by atoms with Gasteiger partial charge in [-0.3, -0.25) is 9.47 Å². The zero-order chi connectivity index (χ0) is 24.1. The normalized spacial score (nSPS) is 16.0. The molecule has 174 valence electrons. The molecule has 8 nitrogen and oxygen atoms in total. The van der Waals surface area contributed by atoms with Gasteiger partial charge >= 0.3 is 5.97 Å². The van der Waals surface area contributed by atoms with Gasteiger partial charge in [0.2, 0.25) is 5.95 Å². The van der Waals surface area contributed by atoms with Gasteiger partial charge in [-0.1, -0.05) is 6.07 Å². The van der Waals surface area contributed by atoms with Crippen molar-refractivity contribution in [2.24, 2.45) is 0 Å². The number of rotatable bonds is 4. The highest BCUT2D eigenvalue weighted by Gasteiger charge is 2.27. The fourth-order valence-electron chi connectivity index (χ4n) is 5.09. The number of benzene rings is 2. The second kappa shape index (κ2) is 8.31. The summed E-state index contributed by atoms with van der Waals surface area (Å²) in [5.74, 6) is 0.318. The number of fused-ring (bicyclic) bond motifs is 3. The lowest BCUT2D eigenvalue weighted by Crippen LogP contribution is -2.35. The van der Waals surface area contributed by atoms with Crippen molar-refractivity contribution in [3.8, 4) is 12.0 Å². The number of ether oxygens (including phenoxy) is 1. The van der Waals surface area contributed by atoms with Crippen molar-refractivity contribution in [1.82, 2.24) is 19.4 Å². The molecule has 0 bridgehead atoms. The number of carbonyl (C=O) groups is 1. The fraction of sp³-hybridized carbons (Fsp3) is 0.259. The van der Waals surface area contributed by atoms with E-state index in [1.807, 2.05) is 48.1 Å². The predicted molar refractivity (Wildman–Crippen MR) is 128 cm³/mol. The molecule has 2 aliphatic rings. The quantitative estimate of drug-likeness (QED) is 0.461. The van der Waals surface area contributed by atoms with Crippen LogP contribution in [0.15, 0.2) is 48.8 Å². The van der Waals surface area contributed by atoms with Crippen LogP contribution in [0.5, 0.6) is 0 Å². The van der Waals surface area contributed by atoms with E-state index in [1.54, 1.807) is 12.1 Å². The summed E-state index contributed by atoms with van der Waals surface area (Å²) in [4.78, 5) is 23.5. The molecule has 2 aliphatic heterocycles. The molecule has 2 aromatic carbocycles. The van der Waals surface area contributed by atoms with Gasteiger partial charge in [-0.15, -0.1) is 0 Å². The number of aliphatic hydroxyl groups excluding tert-OH is 1. The second-order valence-electron chi connectivity index (χ2n) is 9.10. The largest absolute Gasteiger partial charge is 0.457 e. The molecule has 0 saturated carbocycles. The molecule has 4 heterocycles. The highest BCUT2D eigenvalue weighted by molar-refractivity contribution is 5.94. The first-order valence-corrected chi connectivity index (χ1v) is 11.6. The third kappa shape index (κ3) is 3.66. The third-order valence-corrected chi connectivity index (χ3v) is 7.03. The predicted octanol–water partition coefficient (Wildman–Crippen LogP) is 3.36. The summed E-state index contributed by atoms with van der Waals surface area (Å²) in [5.41, 5.74) is 6.88. The van der Waals surface area contributed by atoms with Crippen molar-refractivity contribution in [2.75, 3.05) is 13.1 Å². The van der Waals surface area contributed by atoms with Gasteiger partial charge in [-0.2, -0.15) is 5.26 Å². The van der Waals surface area contributed by atoms with Crippen LogP contribution >= 0.6 is 0 Å². The Bertz CT molecular complexity index is 1530. The van der Waals surface area contributed by atoms with Gasteiger partial charge in [0.1, 0.15) is 6.61 Å². The van der Waals surface area contributed by atoms with E-state index < -0.39 is 6.10 Å². The summed E-state index contributed by atoms with van der Waals surface area (Å²) < 4.78 is 7.08. The summed E-state index contributed by atoms with van der Waals surface area (Å²) in [7, 11) is 0. The average molecular weight is 466 g/mol. The molecule has 0 saturated heterocycles. The zero-order valence-electron chi connectivity index (χ0n) is 19.2. The molecule has 8 heteroatoms. The Morgan fingerprint density at radius 2 is 2.14 bits per heavy atom. The maximum Gasteiger partial charge on any atom is 0.338 e. The highest BCUT2D eigenvalue weighted by Crippen LogP contribution is 2.30. The molecule has 0 amide bonds. The molecule has 0 fully saturated rings. The van der Waals surface area contributed by atoms with Gasteiger partial charge in [-0.05, 0) is 48.4 Å². The summed E-state index contributed by atoms with van der Waals surface area (Å²) >= 11 is 0. The third-order valence-electron chi connectivity index (χ3n) is 7.03. The Morgan fingerprint density at radius 1 is 1.26 bits per heavy atom. The van der Waals surface area contributed by atoms with Gasteiger partial charge in [0.15, 0.2) is 0 Å². The fourth-order valence-corrected chi connectivity index (χ4v) is 5.09. The van der Waals surface area contributed by atoms with Crippen LogP contribution in [0.2, 0.25) is 0 Å². The Morgan fingerprint density at radius 3 is 3.00 bits per heavy atom. The standard InChI is InChI=1S/C27H23N5O3/c1-16-20(3-4-21-22(16)15-35-26(21)34)25(33)14-31-8-7-23-19(13-31)12-29-27(30-23)32-9-6-18-10-17(11-28)2-5-24(18)32/h2-6,9-10,12,25,33H,7-8,13-15H2,1H3. The van der Waals surface area contributed by atoms with Crippen LogP contribution in [-0.2, 0) is 24.3 Å². The van der Waals surface area contributed by atoms with Crippen LogP contribution in [0.1, 0.15) is 50.0 Å². The van der Waals surface area contributed by atoms with Gasteiger partial charge in [0.25, 0.3) is 0 Å². The minimum atomic E-state index is -0.665. The van der Waals surface area contributed by atoms with E-state index in [1.165, 1.54) is 0 Å². The molecule has 1 atom stereocenters. The van der Waals surface area contributed by atoms with E-state index in [9.17, 15) is 9.90 Å². The van der Waals surface area contributed by atoms with E-state index in [4.69, 9.17) is 15.0 Å². The molecular weight excluding hydrogens is 442 g/mol. The lowest BCUT2D eigenvalue weighted by atomic mass is 9.95. The van der Waals surface area contributed by atoms with E-state index in [0.717, 1.165) is 51.8 Å². The summed E-state index contributed by atoms with van der Waals surface area (Å²) in [6.45, 7) is 4.14. The van der Waals surface area contributed by atoms with Crippen LogP contribution in [-0.4, -0.2) is 43.6 Å². The maximum atomic E-state index is 11.8. The van der Waals surface area contributed by atoms with Crippen LogP contribution in [0.4, 0.5) is 0 Å². The number of esters is 1. The minimum Gasteiger partial charge on any atom is -0.457 e. The minimum absolute atomic E-state index is 0.271. The topological polar surface area (TPSA) is 104 Å². The first-order valence-electron chi connectivity index (χ1n) is 11.6. The molecular formula is C27H23N5O3. The van der Waals surface area contributed by atoms with Crippen LogP contribution in [0, 0.1) is 18.3 Å². The second-order valence-corrected chi connectivity index (χ2v) is 9.10. The number of nitriles is 1. The number of aliphatic hydroxyl groups is 1. The van der Waals surface area contributed by atoms with Crippen molar-refractivity contribution in [1.29, 1.82) is 5.26 Å². The molecule has 2 aromatic heterocycles. The monoisotopic (exact) mass is 465 g/mol. The van der Waals surface area contributed by atoms with Crippen LogP contribution in [0.3, 0.4) is 0 Å². The SMILES string of the molecule is Cc1c(C(O)CN2CCc3nc(-n4ccc5cc(C#N)ccc54)ncc3C2)ccc2c1COC2=O. The maximum absolute atomic E-state index is 11.8. The number of hydrogen-bond acceptors (Lipinski definition) is 7. The summed E-state index contributed by atoms with van der Waals surface area (Å²) in [6.07, 6.45) is 3.90. The number of carbonyl (C=O) groups excluding carboxylic acids is 1. The van der Waals surface area contributed by atoms with E-state index in [0.29, 0.717) is 30.2 Å². The molecule has 1 unspecified atom stereocenters. The number of nitrogens with zero attached hydrogens (tertiary/aromatic N) is 5. The highest BCUT2D eigenvalue weighted by atomic mass is 16.5. The Hall–Kier alpha value is -4.06. The van der Waals surface area contributed by atoms with Gasteiger partial charge in [-0.25, -0.2) is 14.8 Å². The van der Waals surface area contributed by atoms with Crippen LogP contribution < -0.4 is 0 Å². The van der Waals surface area contributed by atoms with Crippen LogP contribution in [0.25, 0.3) is 16.9 Å². The van der Waals surface area contributed by atoms with E-state index in [2.05, 4.69) is 16.0 Å². The lowest BCUT2D eigenvalue weighted by molar-refractivity contribution is 0.0535. The lowest BCUT2D eigenvalue weighted by Gasteiger charge is -2.30. The first-order chi connectivity index (χ1) is 17.0. The van der Waals surface area contributed by atoms with Crippen molar-refractivity contribution in [2.45, 2.75) is 32.6 Å². The molecule has 0 radical (unpaired) electrons. The molecule has 35 heavy (non-hydrogen) atoms. The Kier molecular flexibility index (Phi) is 5.10. The van der Waals surface area contributed by atoms with E-state index >= 15 is 0 Å². The van der Waals surface area contributed by atoms with Crippen molar-refractivity contribution in [3.05, 3.63) is 87.9 Å².